The Balaban J connectivity index is 1.28. The van der Waals surface area contributed by atoms with Gasteiger partial charge in [0.25, 0.3) is 5.91 Å². The Hall–Kier alpha value is -3.86. The SMILES string of the molecule is CCc1ccc2oc(Cc3ccc(NC(=O)c4cc5ccccc5o4)cc3)nc2c1. The third-order valence-electron chi connectivity index (χ3n) is 5.12. The maximum atomic E-state index is 12.5. The van der Waals surface area contributed by atoms with Crippen LogP contribution in [-0.2, 0) is 12.8 Å². The predicted octanol–water partition coefficient (Wildman–Crippen LogP) is 5.98. The summed E-state index contributed by atoms with van der Waals surface area (Å²) in [7, 11) is 0. The molecule has 5 nitrogen and oxygen atoms in total. The van der Waals surface area contributed by atoms with Gasteiger partial charge in [-0.15, -0.1) is 0 Å². The third kappa shape index (κ3) is 3.57. The highest BCUT2D eigenvalue weighted by molar-refractivity contribution is 6.04. The van der Waals surface area contributed by atoms with E-state index in [4.69, 9.17) is 8.83 Å². The van der Waals surface area contributed by atoms with Crippen molar-refractivity contribution in [3.8, 4) is 0 Å². The van der Waals surface area contributed by atoms with E-state index in [1.165, 1.54) is 5.56 Å². The van der Waals surface area contributed by atoms with E-state index >= 15 is 0 Å². The van der Waals surface area contributed by atoms with Gasteiger partial charge in [0.05, 0.1) is 0 Å². The van der Waals surface area contributed by atoms with E-state index in [9.17, 15) is 4.79 Å². The van der Waals surface area contributed by atoms with Crippen LogP contribution in [-0.4, -0.2) is 10.9 Å². The van der Waals surface area contributed by atoms with Gasteiger partial charge >= 0.3 is 0 Å². The minimum atomic E-state index is -0.273. The molecule has 0 aliphatic carbocycles. The number of para-hydroxylation sites is 1. The van der Waals surface area contributed by atoms with Crippen LogP contribution in [0.1, 0.15) is 34.5 Å². The Labute approximate surface area is 173 Å². The van der Waals surface area contributed by atoms with Crippen molar-refractivity contribution in [2.75, 3.05) is 5.32 Å². The van der Waals surface area contributed by atoms with Crippen LogP contribution in [0.2, 0.25) is 0 Å². The van der Waals surface area contributed by atoms with Crippen molar-refractivity contribution in [1.82, 2.24) is 4.98 Å². The minimum Gasteiger partial charge on any atom is -0.451 e. The van der Waals surface area contributed by atoms with E-state index in [-0.39, 0.29) is 5.91 Å². The zero-order chi connectivity index (χ0) is 20.5. The lowest BCUT2D eigenvalue weighted by atomic mass is 10.1. The lowest BCUT2D eigenvalue weighted by molar-refractivity contribution is 0.0998. The van der Waals surface area contributed by atoms with Crippen molar-refractivity contribution in [3.63, 3.8) is 0 Å². The molecule has 5 rings (SSSR count). The average Bonchev–Trinajstić information content (AvgIpc) is 3.38. The standard InChI is InChI=1S/C25H20N2O3/c1-2-16-9-12-22-20(13-16)27-24(30-22)14-17-7-10-19(11-8-17)26-25(28)23-15-18-5-3-4-6-21(18)29-23/h3-13,15H,2,14H2,1H3,(H,26,28). The van der Waals surface area contributed by atoms with E-state index in [1.807, 2.05) is 54.6 Å². The first kappa shape index (κ1) is 18.2. The minimum absolute atomic E-state index is 0.273. The van der Waals surface area contributed by atoms with E-state index in [2.05, 4.69) is 29.4 Å². The Morgan fingerprint density at radius 2 is 1.70 bits per heavy atom. The number of fused-ring (bicyclic) bond motifs is 2. The number of aryl methyl sites for hydroxylation is 1. The predicted molar refractivity (Wildman–Crippen MR) is 117 cm³/mol. The molecule has 3 aromatic carbocycles. The summed E-state index contributed by atoms with van der Waals surface area (Å²) in [6.07, 6.45) is 1.56. The number of rotatable bonds is 5. The molecule has 148 valence electrons. The van der Waals surface area contributed by atoms with Gasteiger partial charge in [-0.3, -0.25) is 4.79 Å². The summed E-state index contributed by atoms with van der Waals surface area (Å²) < 4.78 is 11.5. The Morgan fingerprint density at radius 3 is 2.50 bits per heavy atom. The summed E-state index contributed by atoms with van der Waals surface area (Å²) in [6.45, 7) is 2.12. The first-order valence-corrected chi connectivity index (χ1v) is 9.95. The second kappa shape index (κ2) is 7.52. The van der Waals surface area contributed by atoms with Gasteiger partial charge < -0.3 is 14.2 Å². The smallest absolute Gasteiger partial charge is 0.291 e. The molecule has 0 saturated heterocycles. The van der Waals surface area contributed by atoms with E-state index in [0.29, 0.717) is 29.3 Å². The van der Waals surface area contributed by atoms with Crippen LogP contribution >= 0.6 is 0 Å². The summed E-state index contributed by atoms with van der Waals surface area (Å²) >= 11 is 0. The molecule has 0 spiro atoms. The lowest BCUT2D eigenvalue weighted by Gasteiger charge is -2.04. The fourth-order valence-corrected chi connectivity index (χ4v) is 3.48. The number of anilines is 1. The molecule has 0 fully saturated rings. The fraction of sp³-hybridized carbons (Fsp3) is 0.120. The number of aromatic nitrogens is 1. The molecule has 30 heavy (non-hydrogen) atoms. The molecule has 0 aliphatic rings. The molecule has 0 saturated carbocycles. The van der Waals surface area contributed by atoms with Crippen molar-refractivity contribution >= 4 is 33.7 Å². The maximum Gasteiger partial charge on any atom is 0.291 e. The number of hydrogen-bond acceptors (Lipinski definition) is 4. The molecule has 1 amide bonds. The molecule has 5 heteroatoms. The molecule has 5 aromatic rings. The number of nitrogens with zero attached hydrogens (tertiary/aromatic N) is 1. The van der Waals surface area contributed by atoms with Gasteiger partial charge in [-0.2, -0.15) is 0 Å². The Bertz CT molecular complexity index is 1310. The first-order chi connectivity index (χ1) is 14.7. The molecular formula is C25H20N2O3. The highest BCUT2D eigenvalue weighted by atomic mass is 16.4. The van der Waals surface area contributed by atoms with Crippen molar-refractivity contribution in [1.29, 1.82) is 0 Å². The van der Waals surface area contributed by atoms with Crippen molar-refractivity contribution in [3.05, 3.63) is 95.6 Å². The number of oxazole rings is 1. The number of carbonyl (C=O) groups is 1. The number of furan rings is 1. The van der Waals surface area contributed by atoms with Crippen LogP contribution in [0, 0.1) is 0 Å². The number of nitrogens with one attached hydrogen (secondary N) is 1. The Morgan fingerprint density at radius 1 is 0.900 bits per heavy atom. The van der Waals surface area contributed by atoms with Gasteiger partial charge in [0.15, 0.2) is 17.2 Å². The third-order valence-corrected chi connectivity index (χ3v) is 5.12. The number of hydrogen-bond donors (Lipinski definition) is 1. The van der Waals surface area contributed by atoms with Gasteiger partial charge in [-0.25, -0.2) is 4.98 Å². The Kier molecular flexibility index (Phi) is 4.56. The molecular weight excluding hydrogens is 376 g/mol. The van der Waals surface area contributed by atoms with Crippen LogP contribution in [0.25, 0.3) is 22.1 Å². The highest BCUT2D eigenvalue weighted by Gasteiger charge is 2.13. The monoisotopic (exact) mass is 396 g/mol. The molecule has 2 heterocycles. The van der Waals surface area contributed by atoms with Crippen molar-refractivity contribution in [2.24, 2.45) is 0 Å². The van der Waals surface area contributed by atoms with Crippen LogP contribution in [0.15, 0.2) is 81.6 Å². The summed E-state index contributed by atoms with van der Waals surface area (Å²) in [6, 6.07) is 23.1. The molecule has 1 N–H and O–H groups in total. The summed E-state index contributed by atoms with van der Waals surface area (Å²) in [5, 5.41) is 3.78. The van der Waals surface area contributed by atoms with E-state index < -0.39 is 0 Å². The maximum absolute atomic E-state index is 12.5. The van der Waals surface area contributed by atoms with E-state index in [0.717, 1.165) is 28.5 Å². The molecule has 0 radical (unpaired) electrons. The average molecular weight is 396 g/mol. The zero-order valence-electron chi connectivity index (χ0n) is 16.5. The topological polar surface area (TPSA) is 68.3 Å². The molecule has 0 unspecified atom stereocenters. The van der Waals surface area contributed by atoms with E-state index in [1.54, 1.807) is 6.07 Å². The normalized spacial score (nSPS) is 11.2. The van der Waals surface area contributed by atoms with Crippen LogP contribution in [0.5, 0.6) is 0 Å². The quantitative estimate of drug-likeness (QED) is 0.397. The van der Waals surface area contributed by atoms with Crippen molar-refractivity contribution in [2.45, 2.75) is 19.8 Å². The first-order valence-electron chi connectivity index (χ1n) is 9.95. The zero-order valence-corrected chi connectivity index (χ0v) is 16.5. The number of carbonyl (C=O) groups excluding carboxylic acids is 1. The highest BCUT2D eigenvalue weighted by Crippen LogP contribution is 2.22. The number of benzene rings is 3. The van der Waals surface area contributed by atoms with Gasteiger partial charge in [-0.05, 0) is 53.9 Å². The van der Waals surface area contributed by atoms with Crippen LogP contribution < -0.4 is 5.32 Å². The molecule has 2 aromatic heterocycles. The van der Waals surface area contributed by atoms with Gasteiger partial charge in [0, 0.05) is 17.5 Å². The molecule has 0 aliphatic heterocycles. The summed E-state index contributed by atoms with van der Waals surface area (Å²) in [5.74, 6) is 0.695. The largest absolute Gasteiger partial charge is 0.451 e. The van der Waals surface area contributed by atoms with Crippen LogP contribution in [0.4, 0.5) is 5.69 Å². The second-order valence-corrected chi connectivity index (χ2v) is 7.24. The van der Waals surface area contributed by atoms with Crippen LogP contribution in [0.3, 0.4) is 0 Å². The fourth-order valence-electron chi connectivity index (χ4n) is 3.48. The lowest BCUT2D eigenvalue weighted by Crippen LogP contribution is -2.10. The summed E-state index contributed by atoms with van der Waals surface area (Å²) in [4.78, 5) is 17.1. The summed E-state index contributed by atoms with van der Waals surface area (Å²) in [5.41, 5.74) is 5.39. The second-order valence-electron chi connectivity index (χ2n) is 7.24. The molecule has 0 atom stereocenters. The van der Waals surface area contributed by atoms with Gasteiger partial charge in [-0.1, -0.05) is 43.3 Å². The number of amides is 1. The van der Waals surface area contributed by atoms with Gasteiger partial charge in [0.1, 0.15) is 11.1 Å². The van der Waals surface area contributed by atoms with Gasteiger partial charge in [0.2, 0.25) is 0 Å². The van der Waals surface area contributed by atoms with Crippen molar-refractivity contribution < 1.29 is 13.6 Å². The molecule has 0 bridgehead atoms.